The van der Waals surface area contributed by atoms with E-state index >= 15 is 0 Å². The highest BCUT2D eigenvalue weighted by atomic mass is 16.4. The maximum atomic E-state index is 13.0. The number of aliphatic carboxylic acids is 1. The smallest absolute Gasteiger partial charge is 0.303 e. The summed E-state index contributed by atoms with van der Waals surface area (Å²) in [7, 11) is 0. The topological polar surface area (TPSA) is 94.8 Å². The van der Waals surface area contributed by atoms with Crippen LogP contribution in [-0.2, 0) is 9.59 Å². The van der Waals surface area contributed by atoms with Crippen LogP contribution in [0, 0.1) is 11.3 Å². The van der Waals surface area contributed by atoms with Gasteiger partial charge in [-0.25, -0.2) is 0 Å². The molecule has 0 fully saturated rings. The van der Waals surface area contributed by atoms with Gasteiger partial charge in [-0.15, -0.1) is 0 Å². The minimum absolute atomic E-state index is 0.0850. The van der Waals surface area contributed by atoms with E-state index < -0.39 is 23.6 Å². The third kappa shape index (κ3) is 9.13. The van der Waals surface area contributed by atoms with Gasteiger partial charge in [0.05, 0.1) is 12.2 Å². The van der Waals surface area contributed by atoms with Crippen LogP contribution in [0.1, 0.15) is 98.3 Å². The van der Waals surface area contributed by atoms with E-state index in [9.17, 15) is 19.8 Å². The number of carboxylic acids is 1. The first-order valence-corrected chi connectivity index (χ1v) is 11.6. The molecule has 5 nitrogen and oxygen atoms in total. The molecule has 0 aliphatic heterocycles. The minimum Gasteiger partial charge on any atom is -0.481 e. The van der Waals surface area contributed by atoms with Gasteiger partial charge in [0.2, 0.25) is 0 Å². The quantitative estimate of drug-likeness (QED) is 0.264. The lowest BCUT2D eigenvalue weighted by molar-refractivity contribution is -0.137. The van der Waals surface area contributed by atoms with Gasteiger partial charge in [0.25, 0.3) is 0 Å². The Hall–Kier alpha value is -1.46. The molecular weight excluding hydrogens is 380 g/mol. The SMILES string of the molecule is CCCCC[C@H](O)/C=C/[C@@H]1C(CCCCCCC(=O)O)=C(C(=O)C(C)(C)C)C[C@H]1O. The van der Waals surface area contributed by atoms with E-state index in [1.54, 1.807) is 6.08 Å². The normalized spacial score (nSPS) is 20.9. The van der Waals surface area contributed by atoms with Crippen LogP contribution in [0.5, 0.6) is 0 Å². The van der Waals surface area contributed by atoms with Gasteiger partial charge in [-0.05, 0) is 31.3 Å². The van der Waals surface area contributed by atoms with Crippen LogP contribution < -0.4 is 0 Å². The molecule has 0 amide bonds. The predicted molar refractivity (Wildman–Crippen MR) is 120 cm³/mol. The largest absolute Gasteiger partial charge is 0.481 e. The van der Waals surface area contributed by atoms with Crippen molar-refractivity contribution in [2.24, 2.45) is 11.3 Å². The van der Waals surface area contributed by atoms with Crippen molar-refractivity contribution in [3.63, 3.8) is 0 Å². The van der Waals surface area contributed by atoms with Gasteiger partial charge in [-0.1, -0.05) is 77.5 Å². The Morgan fingerprint density at radius 1 is 1.10 bits per heavy atom. The zero-order valence-electron chi connectivity index (χ0n) is 19.3. The van der Waals surface area contributed by atoms with Crippen molar-refractivity contribution in [3.05, 3.63) is 23.3 Å². The first-order chi connectivity index (χ1) is 14.1. The highest BCUT2D eigenvalue weighted by Gasteiger charge is 2.37. The number of ketones is 1. The molecule has 0 aromatic rings. The Labute approximate surface area is 182 Å². The molecule has 0 bridgehead atoms. The Kier molecular flexibility index (Phi) is 11.6. The van der Waals surface area contributed by atoms with Gasteiger partial charge in [-0.2, -0.15) is 0 Å². The number of aliphatic hydroxyl groups excluding tert-OH is 2. The molecule has 0 unspecified atom stereocenters. The van der Waals surface area contributed by atoms with Crippen LogP contribution >= 0.6 is 0 Å². The molecule has 1 aliphatic rings. The average molecular weight is 423 g/mol. The Bertz CT molecular complexity index is 612. The molecule has 1 rings (SSSR count). The van der Waals surface area contributed by atoms with Crippen molar-refractivity contribution in [1.29, 1.82) is 0 Å². The van der Waals surface area contributed by atoms with Gasteiger partial charge in [0.15, 0.2) is 5.78 Å². The number of hydrogen-bond acceptors (Lipinski definition) is 4. The van der Waals surface area contributed by atoms with Crippen LogP contribution in [0.4, 0.5) is 0 Å². The van der Waals surface area contributed by atoms with Crippen LogP contribution in [0.25, 0.3) is 0 Å². The minimum atomic E-state index is -0.766. The molecule has 172 valence electrons. The van der Waals surface area contributed by atoms with E-state index in [1.807, 2.05) is 26.8 Å². The van der Waals surface area contributed by atoms with Crippen molar-refractivity contribution >= 4 is 11.8 Å². The zero-order valence-corrected chi connectivity index (χ0v) is 19.3. The summed E-state index contributed by atoms with van der Waals surface area (Å²) in [5.74, 6) is -0.912. The van der Waals surface area contributed by atoms with Crippen LogP contribution in [0.15, 0.2) is 23.3 Å². The summed E-state index contributed by atoms with van der Waals surface area (Å²) in [5, 5.41) is 29.7. The van der Waals surface area contributed by atoms with E-state index in [1.165, 1.54) is 0 Å². The zero-order chi connectivity index (χ0) is 22.7. The highest BCUT2D eigenvalue weighted by molar-refractivity contribution is 6.00. The fraction of sp³-hybridized carbons (Fsp3) is 0.760. The van der Waals surface area contributed by atoms with E-state index in [4.69, 9.17) is 5.11 Å². The average Bonchev–Trinajstić information content (AvgIpc) is 2.96. The number of carbonyl (C=O) groups is 2. The van der Waals surface area contributed by atoms with Crippen molar-refractivity contribution in [2.75, 3.05) is 0 Å². The molecule has 0 radical (unpaired) electrons. The maximum Gasteiger partial charge on any atom is 0.303 e. The number of carbonyl (C=O) groups excluding carboxylic acids is 1. The second kappa shape index (κ2) is 13.1. The van der Waals surface area contributed by atoms with Crippen LogP contribution in [0.2, 0.25) is 0 Å². The Morgan fingerprint density at radius 2 is 1.77 bits per heavy atom. The van der Waals surface area contributed by atoms with Gasteiger partial charge in [0.1, 0.15) is 0 Å². The third-order valence-corrected chi connectivity index (χ3v) is 5.80. The summed E-state index contributed by atoms with van der Waals surface area (Å²) in [6.07, 6.45) is 11.0. The standard InChI is InChI=1S/C25H42O5/c1-5-6-9-12-18(26)15-16-20-19(13-10-7-8-11-14-23(28)29)21(17-22(20)27)24(30)25(2,3)4/h15-16,18,20,22,26-27H,5-14,17H2,1-4H3,(H,28,29)/b16-15+/t18-,20+,22+/m0/s1. The number of hydrogen-bond donors (Lipinski definition) is 3. The third-order valence-electron chi connectivity index (χ3n) is 5.80. The number of carboxylic acid groups (broad SMARTS) is 1. The Balaban J connectivity index is 2.85. The van der Waals surface area contributed by atoms with Crippen LogP contribution in [-0.4, -0.2) is 39.3 Å². The summed E-state index contributed by atoms with van der Waals surface area (Å²) >= 11 is 0. The molecule has 0 heterocycles. The van der Waals surface area contributed by atoms with E-state index in [2.05, 4.69) is 6.92 Å². The van der Waals surface area contributed by atoms with E-state index in [0.29, 0.717) is 19.3 Å². The fourth-order valence-electron chi connectivity index (χ4n) is 4.05. The van der Waals surface area contributed by atoms with Crippen molar-refractivity contribution in [3.8, 4) is 0 Å². The predicted octanol–water partition coefficient (Wildman–Crippen LogP) is 5.20. The molecule has 3 N–H and O–H groups in total. The Morgan fingerprint density at radius 3 is 2.37 bits per heavy atom. The summed E-state index contributed by atoms with van der Waals surface area (Å²) < 4.78 is 0. The number of Topliss-reactive ketones (excluding diaryl/α,β-unsaturated/α-hetero) is 1. The number of rotatable bonds is 14. The summed E-state index contributed by atoms with van der Waals surface area (Å²) in [6.45, 7) is 7.83. The first kappa shape index (κ1) is 26.6. The highest BCUT2D eigenvalue weighted by Crippen LogP contribution is 2.40. The molecule has 0 spiro atoms. The van der Waals surface area contributed by atoms with Crippen molar-refractivity contribution in [2.45, 2.75) is 111 Å². The summed E-state index contributed by atoms with van der Waals surface area (Å²) in [5.41, 5.74) is 1.24. The molecule has 0 saturated heterocycles. The van der Waals surface area contributed by atoms with Crippen molar-refractivity contribution in [1.82, 2.24) is 0 Å². The van der Waals surface area contributed by atoms with Gasteiger partial charge < -0.3 is 15.3 Å². The van der Waals surface area contributed by atoms with Crippen LogP contribution in [0.3, 0.4) is 0 Å². The molecule has 5 heteroatoms. The molecule has 3 atom stereocenters. The summed E-state index contributed by atoms with van der Waals surface area (Å²) in [6, 6.07) is 0. The molecule has 30 heavy (non-hydrogen) atoms. The lowest BCUT2D eigenvalue weighted by Gasteiger charge is -2.19. The first-order valence-electron chi connectivity index (χ1n) is 11.6. The van der Waals surface area contributed by atoms with Gasteiger partial charge in [-0.3, -0.25) is 9.59 Å². The van der Waals surface area contributed by atoms with Gasteiger partial charge in [0, 0.05) is 24.2 Å². The van der Waals surface area contributed by atoms with Crippen molar-refractivity contribution < 1.29 is 24.9 Å². The van der Waals surface area contributed by atoms with Gasteiger partial charge >= 0.3 is 5.97 Å². The second-order valence-corrected chi connectivity index (χ2v) is 9.64. The monoisotopic (exact) mass is 422 g/mol. The molecular formula is C25H42O5. The maximum absolute atomic E-state index is 13.0. The number of unbranched alkanes of at least 4 members (excludes halogenated alkanes) is 5. The lowest BCUT2D eigenvalue weighted by atomic mass is 9.83. The summed E-state index contributed by atoms with van der Waals surface area (Å²) in [4.78, 5) is 23.6. The molecule has 0 aromatic heterocycles. The molecule has 0 aromatic carbocycles. The molecule has 1 aliphatic carbocycles. The van der Waals surface area contributed by atoms with E-state index in [0.717, 1.165) is 56.1 Å². The number of aliphatic hydroxyl groups is 2. The second-order valence-electron chi connectivity index (χ2n) is 9.64. The molecule has 0 saturated carbocycles. The lowest BCUT2D eigenvalue weighted by Crippen LogP contribution is -2.22. The van der Waals surface area contributed by atoms with E-state index in [-0.39, 0.29) is 18.1 Å². The fourth-order valence-corrected chi connectivity index (χ4v) is 4.05.